The summed E-state index contributed by atoms with van der Waals surface area (Å²) in [5.74, 6) is -0.474. The molecule has 4 aromatic rings. The van der Waals surface area contributed by atoms with Crippen molar-refractivity contribution in [2.75, 3.05) is 6.54 Å². The molecule has 0 radical (unpaired) electrons. The van der Waals surface area contributed by atoms with Crippen LogP contribution in [0.25, 0.3) is 10.9 Å². The molecule has 1 amide bonds. The lowest BCUT2D eigenvalue weighted by Gasteiger charge is -2.26. The zero-order valence-corrected chi connectivity index (χ0v) is 15.4. The minimum absolute atomic E-state index is 0.160. The van der Waals surface area contributed by atoms with Gasteiger partial charge < -0.3 is 9.88 Å². The van der Waals surface area contributed by atoms with Gasteiger partial charge in [0, 0.05) is 40.5 Å². The Bertz CT molecular complexity index is 1190. The Kier molecular flexibility index (Phi) is 3.79. The number of H-pyrrole nitrogens is 2. The number of carbonyl (C=O) groups excluding carboxylic acids is 1. The van der Waals surface area contributed by atoms with Crippen LogP contribution in [0, 0.1) is 12.7 Å². The van der Waals surface area contributed by atoms with Gasteiger partial charge in [0.05, 0.1) is 6.04 Å². The van der Waals surface area contributed by atoms with E-state index in [9.17, 15) is 9.18 Å². The molecular formula is C22H19FN4O. The summed E-state index contributed by atoms with van der Waals surface area (Å²) in [7, 11) is 0. The molecule has 3 heterocycles. The van der Waals surface area contributed by atoms with Gasteiger partial charge >= 0.3 is 0 Å². The smallest absolute Gasteiger partial charge is 0.275 e. The van der Waals surface area contributed by atoms with E-state index in [-0.39, 0.29) is 11.7 Å². The lowest BCUT2D eigenvalue weighted by Crippen LogP contribution is -2.32. The Labute approximate surface area is 161 Å². The van der Waals surface area contributed by atoms with Crippen molar-refractivity contribution in [1.29, 1.82) is 0 Å². The number of rotatable bonds is 4. The Morgan fingerprint density at radius 1 is 1.14 bits per heavy atom. The zero-order valence-electron chi connectivity index (χ0n) is 15.4. The van der Waals surface area contributed by atoms with Gasteiger partial charge in [-0.05, 0) is 31.0 Å². The van der Waals surface area contributed by atoms with E-state index in [0.717, 1.165) is 27.7 Å². The lowest BCUT2D eigenvalue weighted by atomic mass is 9.98. The van der Waals surface area contributed by atoms with Crippen LogP contribution in [-0.4, -0.2) is 32.5 Å². The van der Waals surface area contributed by atoms with Gasteiger partial charge in [-0.15, -0.1) is 0 Å². The number of aromatic amines is 2. The molecule has 0 saturated carbocycles. The normalized spacial score (nSPS) is 16.1. The number of amides is 1. The number of hydrogen-bond acceptors (Lipinski definition) is 2. The first kappa shape index (κ1) is 16.7. The molecule has 6 heteroatoms. The van der Waals surface area contributed by atoms with Gasteiger partial charge in [-0.25, -0.2) is 4.39 Å². The quantitative estimate of drug-likeness (QED) is 0.564. The third kappa shape index (κ3) is 2.45. The van der Waals surface area contributed by atoms with Gasteiger partial charge in [-0.1, -0.05) is 36.4 Å². The second-order valence-corrected chi connectivity index (χ2v) is 7.14. The number of aromatic nitrogens is 3. The van der Waals surface area contributed by atoms with Crippen LogP contribution in [0.15, 0.2) is 54.7 Å². The van der Waals surface area contributed by atoms with E-state index in [1.807, 2.05) is 31.3 Å². The number of aryl methyl sites for hydroxylation is 1. The summed E-state index contributed by atoms with van der Waals surface area (Å²) in [6, 6.07) is 14.3. The van der Waals surface area contributed by atoms with E-state index in [1.165, 1.54) is 6.07 Å². The summed E-state index contributed by atoms with van der Waals surface area (Å²) in [6.07, 6.45) is 2.65. The average Bonchev–Trinajstić information content (AvgIpc) is 3.36. The van der Waals surface area contributed by atoms with Crippen molar-refractivity contribution in [2.24, 2.45) is 0 Å². The van der Waals surface area contributed by atoms with Crippen molar-refractivity contribution in [1.82, 2.24) is 20.1 Å². The van der Waals surface area contributed by atoms with Gasteiger partial charge in [0.1, 0.15) is 5.82 Å². The fraction of sp³-hybridized carbons (Fsp3) is 0.182. The van der Waals surface area contributed by atoms with Gasteiger partial charge in [0.25, 0.3) is 5.91 Å². The minimum Gasteiger partial charge on any atom is -0.361 e. The highest BCUT2D eigenvalue weighted by Gasteiger charge is 2.42. The Hall–Kier alpha value is -3.41. The van der Waals surface area contributed by atoms with Crippen molar-refractivity contribution < 1.29 is 9.18 Å². The molecule has 0 aliphatic carbocycles. The van der Waals surface area contributed by atoms with Crippen LogP contribution in [0.4, 0.5) is 4.39 Å². The second kappa shape index (κ2) is 6.34. The van der Waals surface area contributed by atoms with Crippen molar-refractivity contribution in [3.05, 3.63) is 88.6 Å². The number of halogens is 1. The summed E-state index contributed by atoms with van der Waals surface area (Å²) >= 11 is 0. The van der Waals surface area contributed by atoms with Crippen LogP contribution in [0.2, 0.25) is 0 Å². The zero-order chi connectivity index (χ0) is 19.3. The average molecular weight is 374 g/mol. The fourth-order valence-electron chi connectivity index (χ4n) is 4.17. The Balaban J connectivity index is 1.52. The van der Waals surface area contributed by atoms with E-state index in [4.69, 9.17) is 0 Å². The molecule has 0 bridgehead atoms. The van der Waals surface area contributed by atoms with Crippen molar-refractivity contribution in [3.8, 4) is 0 Å². The number of nitrogens with zero attached hydrogens (tertiary/aromatic N) is 2. The SMILES string of the molecule is Cc1[nH]nc2c1C(c1ccccc1F)N(CCc1c[nH]c3ccccc13)C2=O. The molecule has 1 atom stereocenters. The Morgan fingerprint density at radius 2 is 1.93 bits per heavy atom. The monoisotopic (exact) mass is 374 g/mol. The molecule has 1 aliphatic rings. The third-order valence-corrected chi connectivity index (χ3v) is 5.54. The molecule has 5 rings (SSSR count). The molecule has 2 N–H and O–H groups in total. The summed E-state index contributed by atoms with van der Waals surface area (Å²) < 4.78 is 14.6. The minimum atomic E-state index is -0.465. The number of para-hydroxylation sites is 1. The molecule has 1 unspecified atom stereocenters. The summed E-state index contributed by atoms with van der Waals surface area (Å²) in [4.78, 5) is 18.0. The largest absolute Gasteiger partial charge is 0.361 e. The molecular weight excluding hydrogens is 355 g/mol. The second-order valence-electron chi connectivity index (χ2n) is 7.14. The van der Waals surface area contributed by atoms with E-state index in [0.29, 0.717) is 24.2 Å². The first-order valence-electron chi connectivity index (χ1n) is 9.30. The summed E-state index contributed by atoms with van der Waals surface area (Å²) in [5.41, 5.74) is 4.67. The van der Waals surface area contributed by atoms with E-state index in [1.54, 1.807) is 23.1 Å². The standard InChI is InChI=1S/C22H19FN4O/c1-13-19-20(26-25-13)22(28)27(21(19)16-7-2-4-8-17(16)23)11-10-14-12-24-18-9-5-3-6-15(14)18/h2-9,12,21,24H,10-11H2,1H3,(H,25,26). The van der Waals surface area contributed by atoms with E-state index >= 15 is 0 Å². The van der Waals surface area contributed by atoms with Gasteiger partial charge in [0.15, 0.2) is 5.69 Å². The van der Waals surface area contributed by atoms with Gasteiger partial charge in [0.2, 0.25) is 0 Å². The number of hydrogen-bond donors (Lipinski definition) is 2. The molecule has 0 saturated heterocycles. The highest BCUT2D eigenvalue weighted by Crippen LogP contribution is 2.40. The Morgan fingerprint density at radius 3 is 2.79 bits per heavy atom. The maximum atomic E-state index is 14.6. The molecule has 1 aliphatic heterocycles. The molecule has 0 fully saturated rings. The maximum absolute atomic E-state index is 14.6. The van der Waals surface area contributed by atoms with Crippen molar-refractivity contribution >= 4 is 16.8 Å². The molecule has 140 valence electrons. The maximum Gasteiger partial charge on any atom is 0.275 e. The van der Waals surface area contributed by atoms with Gasteiger partial charge in [-0.3, -0.25) is 9.89 Å². The van der Waals surface area contributed by atoms with Crippen LogP contribution < -0.4 is 0 Å². The lowest BCUT2D eigenvalue weighted by molar-refractivity contribution is 0.0744. The van der Waals surface area contributed by atoms with E-state index < -0.39 is 6.04 Å². The van der Waals surface area contributed by atoms with Gasteiger partial charge in [-0.2, -0.15) is 5.10 Å². The van der Waals surface area contributed by atoms with Crippen LogP contribution in [0.5, 0.6) is 0 Å². The summed E-state index contributed by atoms with van der Waals surface area (Å²) in [6.45, 7) is 2.35. The fourth-order valence-corrected chi connectivity index (χ4v) is 4.17. The molecule has 2 aromatic carbocycles. The van der Waals surface area contributed by atoms with Crippen molar-refractivity contribution in [2.45, 2.75) is 19.4 Å². The predicted octanol–water partition coefficient (Wildman–Crippen LogP) is 4.13. The van der Waals surface area contributed by atoms with Crippen LogP contribution in [-0.2, 0) is 6.42 Å². The molecule has 2 aromatic heterocycles. The van der Waals surface area contributed by atoms with Crippen LogP contribution >= 0.6 is 0 Å². The van der Waals surface area contributed by atoms with Crippen LogP contribution in [0.1, 0.15) is 38.9 Å². The molecule has 0 spiro atoms. The number of fused-ring (bicyclic) bond motifs is 2. The highest BCUT2D eigenvalue weighted by atomic mass is 19.1. The molecule has 28 heavy (non-hydrogen) atoms. The van der Waals surface area contributed by atoms with Crippen LogP contribution in [0.3, 0.4) is 0 Å². The third-order valence-electron chi connectivity index (χ3n) is 5.54. The first-order valence-corrected chi connectivity index (χ1v) is 9.30. The van der Waals surface area contributed by atoms with E-state index in [2.05, 4.69) is 21.2 Å². The van der Waals surface area contributed by atoms with Crippen molar-refractivity contribution in [3.63, 3.8) is 0 Å². The summed E-state index contributed by atoms with van der Waals surface area (Å²) in [5, 5.41) is 8.21. The predicted molar refractivity (Wildman–Crippen MR) is 105 cm³/mol. The number of benzene rings is 2. The highest BCUT2D eigenvalue weighted by molar-refractivity contribution is 5.98. The topological polar surface area (TPSA) is 64.8 Å². The molecule has 5 nitrogen and oxygen atoms in total. The first-order chi connectivity index (χ1) is 13.6. The number of nitrogens with one attached hydrogen (secondary N) is 2. The number of carbonyl (C=O) groups is 1.